The predicted octanol–water partition coefficient (Wildman–Crippen LogP) is 2.09. The molecule has 1 aliphatic heterocycles. The van der Waals surface area contributed by atoms with Crippen molar-refractivity contribution < 1.29 is 39.6 Å². The van der Waals surface area contributed by atoms with E-state index in [-0.39, 0.29) is 17.9 Å². The second-order valence-electron chi connectivity index (χ2n) is 8.41. The van der Waals surface area contributed by atoms with Gasteiger partial charge in [-0.15, -0.1) is 0 Å². The van der Waals surface area contributed by atoms with Gasteiger partial charge in [-0.1, -0.05) is 0 Å². The van der Waals surface area contributed by atoms with E-state index in [9.17, 15) is 39.6 Å². The minimum Gasteiger partial charge on any atom is -0.305 e. The van der Waals surface area contributed by atoms with Gasteiger partial charge in [0.25, 0.3) is 15.7 Å². The Morgan fingerprint density at radius 2 is 1.67 bits per heavy atom. The Kier molecular flexibility index (Phi) is 6.04. The highest BCUT2D eigenvalue weighted by molar-refractivity contribution is 7.92. The SMILES string of the molecule is CN(C)S(=O)(=O)Nc1cnccc1CN1C(=O)N(c2ccc(S(=O)(=O)C(F)(F)F)cc2)C(=O)C12CC2. The zero-order valence-corrected chi connectivity index (χ0v) is 20.5. The Hall–Kier alpha value is -3.24. The minimum absolute atomic E-state index is 0.0943. The summed E-state index contributed by atoms with van der Waals surface area (Å²) < 4.78 is 89.6. The van der Waals surface area contributed by atoms with Crippen LogP contribution in [0, 0.1) is 0 Å². The minimum atomic E-state index is -5.60. The molecule has 1 aromatic carbocycles. The standard InChI is InChI=1S/C20H20F3N5O6S2/c1-26(2)36(33,34)25-16-11-24-10-7-13(16)12-27-18(30)28(17(29)19(27)8-9-19)14-3-5-15(6-4-14)35(31,32)20(21,22)23/h3-7,10-11,25H,8-9,12H2,1-2H3. The molecule has 3 amide bonds. The van der Waals surface area contributed by atoms with Crippen LogP contribution in [0.15, 0.2) is 47.6 Å². The number of rotatable bonds is 7. The van der Waals surface area contributed by atoms with Crippen molar-refractivity contribution in [1.82, 2.24) is 14.2 Å². The number of hydrogen-bond acceptors (Lipinski definition) is 7. The van der Waals surface area contributed by atoms with Gasteiger partial charge in [-0.05, 0) is 48.7 Å². The largest absolute Gasteiger partial charge is 0.501 e. The summed E-state index contributed by atoms with van der Waals surface area (Å²) in [6.07, 6.45) is 3.31. The van der Waals surface area contributed by atoms with Crippen molar-refractivity contribution in [2.45, 2.75) is 35.3 Å². The predicted molar refractivity (Wildman–Crippen MR) is 121 cm³/mol. The third-order valence-electron chi connectivity index (χ3n) is 5.93. The first kappa shape index (κ1) is 25.8. The Balaban J connectivity index is 1.64. The molecule has 16 heteroatoms. The molecule has 1 aromatic heterocycles. The number of halogens is 3. The van der Waals surface area contributed by atoms with Gasteiger partial charge in [0.1, 0.15) is 5.54 Å². The molecule has 1 spiro atoms. The zero-order valence-electron chi connectivity index (χ0n) is 18.9. The number of carbonyl (C=O) groups is 2. The fraction of sp³-hybridized carbons (Fsp3) is 0.350. The van der Waals surface area contributed by atoms with Gasteiger partial charge in [0, 0.05) is 20.3 Å². The molecule has 11 nitrogen and oxygen atoms in total. The molecule has 2 fully saturated rings. The highest BCUT2D eigenvalue weighted by atomic mass is 32.2. The molecule has 1 saturated carbocycles. The first-order valence-electron chi connectivity index (χ1n) is 10.3. The summed E-state index contributed by atoms with van der Waals surface area (Å²) in [6, 6.07) is 3.98. The van der Waals surface area contributed by atoms with E-state index >= 15 is 0 Å². The lowest BCUT2D eigenvalue weighted by Gasteiger charge is -2.23. The number of pyridine rings is 1. The summed E-state index contributed by atoms with van der Waals surface area (Å²) in [5, 5.41) is 0. The van der Waals surface area contributed by atoms with Gasteiger partial charge in [0.15, 0.2) is 0 Å². The molecule has 2 aliphatic rings. The first-order valence-corrected chi connectivity index (χ1v) is 13.2. The normalized spacial score (nSPS) is 17.8. The molecule has 1 N–H and O–H groups in total. The van der Waals surface area contributed by atoms with Crippen LogP contribution < -0.4 is 9.62 Å². The van der Waals surface area contributed by atoms with Crippen LogP contribution in [0.2, 0.25) is 0 Å². The van der Waals surface area contributed by atoms with Crippen LogP contribution in [0.1, 0.15) is 18.4 Å². The molecule has 0 atom stereocenters. The summed E-state index contributed by atoms with van der Waals surface area (Å²) in [6.45, 7) is -0.157. The summed E-state index contributed by atoms with van der Waals surface area (Å²) >= 11 is 0. The number of anilines is 2. The molecule has 1 saturated heterocycles. The maximum absolute atomic E-state index is 13.3. The number of aromatic nitrogens is 1. The van der Waals surface area contributed by atoms with Crippen molar-refractivity contribution in [3.8, 4) is 0 Å². The Morgan fingerprint density at radius 1 is 1.06 bits per heavy atom. The second kappa shape index (κ2) is 8.41. The summed E-state index contributed by atoms with van der Waals surface area (Å²) in [5.41, 5.74) is -6.32. The number of alkyl halides is 3. The van der Waals surface area contributed by atoms with Crippen molar-refractivity contribution in [2.75, 3.05) is 23.7 Å². The topological polar surface area (TPSA) is 137 Å². The number of hydrogen-bond donors (Lipinski definition) is 1. The van der Waals surface area contributed by atoms with Gasteiger partial charge < -0.3 is 4.90 Å². The van der Waals surface area contributed by atoms with E-state index in [1.54, 1.807) is 0 Å². The smallest absolute Gasteiger partial charge is 0.305 e. The number of urea groups is 1. The van der Waals surface area contributed by atoms with Crippen LogP contribution in [0.4, 0.5) is 29.3 Å². The molecule has 2 heterocycles. The molecule has 0 radical (unpaired) electrons. The van der Waals surface area contributed by atoms with Crippen LogP contribution in [0.5, 0.6) is 0 Å². The van der Waals surface area contributed by atoms with E-state index in [2.05, 4.69) is 9.71 Å². The molecule has 36 heavy (non-hydrogen) atoms. The number of carbonyl (C=O) groups excluding carboxylic acids is 2. The van der Waals surface area contributed by atoms with Crippen LogP contribution >= 0.6 is 0 Å². The zero-order chi connectivity index (χ0) is 26.7. The van der Waals surface area contributed by atoms with E-state index < -0.39 is 47.9 Å². The van der Waals surface area contributed by atoms with E-state index in [0.717, 1.165) is 21.3 Å². The third-order valence-corrected chi connectivity index (χ3v) is 8.87. The lowest BCUT2D eigenvalue weighted by molar-refractivity contribution is -0.120. The number of imide groups is 1. The molecule has 2 aromatic rings. The van der Waals surface area contributed by atoms with Crippen LogP contribution in [0.3, 0.4) is 0 Å². The van der Waals surface area contributed by atoms with E-state index in [0.29, 0.717) is 30.5 Å². The van der Waals surface area contributed by atoms with Gasteiger partial charge in [-0.25, -0.2) is 18.1 Å². The highest BCUT2D eigenvalue weighted by Crippen LogP contribution is 2.50. The quantitative estimate of drug-likeness (QED) is 0.524. The van der Waals surface area contributed by atoms with Crippen molar-refractivity contribution in [3.63, 3.8) is 0 Å². The van der Waals surface area contributed by atoms with E-state index in [1.807, 2.05) is 0 Å². The van der Waals surface area contributed by atoms with Crippen LogP contribution in [-0.2, 0) is 31.4 Å². The molecular formula is C20H20F3N5O6S2. The Bertz CT molecular complexity index is 1440. The number of sulfone groups is 1. The van der Waals surface area contributed by atoms with Gasteiger partial charge >= 0.3 is 21.7 Å². The molecular weight excluding hydrogens is 527 g/mol. The van der Waals surface area contributed by atoms with Gasteiger partial charge in [0.05, 0.1) is 29.0 Å². The monoisotopic (exact) mass is 547 g/mol. The van der Waals surface area contributed by atoms with E-state index in [1.165, 1.54) is 37.5 Å². The molecule has 4 rings (SSSR count). The lowest BCUT2D eigenvalue weighted by Crippen LogP contribution is -2.37. The second-order valence-corrected chi connectivity index (χ2v) is 12.2. The van der Waals surface area contributed by atoms with Crippen molar-refractivity contribution >= 4 is 43.4 Å². The number of nitrogens with one attached hydrogen (secondary N) is 1. The molecule has 0 bridgehead atoms. The third kappa shape index (κ3) is 4.18. The number of amides is 3. The maximum atomic E-state index is 13.3. The summed E-state index contributed by atoms with van der Waals surface area (Å²) in [5.74, 6) is -0.608. The van der Waals surface area contributed by atoms with E-state index in [4.69, 9.17) is 0 Å². The average Bonchev–Trinajstić information content (AvgIpc) is 3.56. The summed E-state index contributed by atoms with van der Waals surface area (Å²) in [7, 11) is -6.84. The molecule has 0 unspecified atom stereocenters. The number of nitrogens with zero attached hydrogens (tertiary/aromatic N) is 4. The summed E-state index contributed by atoms with van der Waals surface area (Å²) in [4.78, 5) is 31.4. The maximum Gasteiger partial charge on any atom is 0.501 e. The fourth-order valence-corrected chi connectivity index (χ4v) is 5.13. The van der Waals surface area contributed by atoms with Crippen LogP contribution in [0.25, 0.3) is 0 Å². The molecule has 1 aliphatic carbocycles. The Morgan fingerprint density at radius 3 is 2.19 bits per heavy atom. The van der Waals surface area contributed by atoms with Crippen LogP contribution in [-0.4, -0.2) is 68.1 Å². The first-order chi connectivity index (χ1) is 16.6. The average molecular weight is 548 g/mol. The van der Waals surface area contributed by atoms with Crippen molar-refractivity contribution in [1.29, 1.82) is 0 Å². The number of benzene rings is 1. The van der Waals surface area contributed by atoms with Crippen molar-refractivity contribution in [3.05, 3.63) is 48.3 Å². The Labute approximate surface area is 204 Å². The van der Waals surface area contributed by atoms with Gasteiger partial charge in [-0.2, -0.15) is 25.9 Å². The highest BCUT2D eigenvalue weighted by Gasteiger charge is 2.65. The lowest BCUT2D eigenvalue weighted by atomic mass is 10.1. The fourth-order valence-electron chi connectivity index (χ4n) is 3.72. The van der Waals surface area contributed by atoms with Gasteiger partial charge in [-0.3, -0.25) is 14.5 Å². The van der Waals surface area contributed by atoms with Gasteiger partial charge in [0.2, 0.25) is 0 Å². The molecule has 194 valence electrons. The van der Waals surface area contributed by atoms with Crippen molar-refractivity contribution in [2.24, 2.45) is 0 Å².